The molecule has 3 atom stereocenters. The van der Waals surface area contributed by atoms with Crippen LogP contribution in [0.2, 0.25) is 0 Å². The highest BCUT2D eigenvalue weighted by atomic mass is 16.5. The fourth-order valence-electron chi connectivity index (χ4n) is 3.05. The van der Waals surface area contributed by atoms with E-state index >= 15 is 0 Å². The lowest BCUT2D eigenvalue weighted by molar-refractivity contribution is -0.165. The third-order valence-corrected chi connectivity index (χ3v) is 4.76. The van der Waals surface area contributed by atoms with Crippen LogP contribution in [0.3, 0.4) is 0 Å². The van der Waals surface area contributed by atoms with Crippen LogP contribution >= 0.6 is 0 Å². The monoisotopic (exact) mass is 326 g/mol. The number of carbonyl (C=O) groups is 2. The smallest absolute Gasteiger partial charge is 0.310 e. The number of hydrogen-bond acceptors (Lipinski definition) is 4. The molecule has 1 saturated carbocycles. The Morgan fingerprint density at radius 1 is 0.957 bits per heavy atom. The van der Waals surface area contributed by atoms with Crippen molar-refractivity contribution < 1.29 is 19.1 Å². The zero-order valence-corrected chi connectivity index (χ0v) is 15.1. The Morgan fingerprint density at radius 2 is 1.57 bits per heavy atom. The van der Waals surface area contributed by atoms with Gasteiger partial charge in [-0.2, -0.15) is 0 Å². The highest BCUT2D eigenvalue weighted by Crippen LogP contribution is 2.32. The molecular formula is C19H34O4. The molecule has 0 bridgehead atoms. The zero-order chi connectivity index (χ0) is 17.1. The van der Waals surface area contributed by atoms with Crippen LogP contribution in [0.4, 0.5) is 0 Å². The predicted octanol–water partition coefficient (Wildman–Crippen LogP) is 4.65. The van der Waals surface area contributed by atoms with Crippen molar-refractivity contribution in [1.82, 2.24) is 0 Å². The first-order valence-corrected chi connectivity index (χ1v) is 9.47. The highest BCUT2D eigenvalue weighted by Gasteiger charge is 2.38. The lowest BCUT2D eigenvalue weighted by Crippen LogP contribution is -2.36. The Balaban J connectivity index is 2.40. The van der Waals surface area contributed by atoms with E-state index in [1.165, 1.54) is 19.3 Å². The third kappa shape index (κ3) is 7.36. The van der Waals surface area contributed by atoms with Gasteiger partial charge in [-0.1, -0.05) is 52.4 Å². The first-order chi connectivity index (χ1) is 11.1. The maximum Gasteiger partial charge on any atom is 0.310 e. The lowest BCUT2D eigenvalue weighted by Gasteiger charge is -2.29. The lowest BCUT2D eigenvalue weighted by atomic mass is 9.79. The molecule has 1 fully saturated rings. The maximum atomic E-state index is 12.3. The molecule has 1 rings (SSSR count). The number of unbranched alkanes of at least 4 members (excludes halogenated alkanes) is 4. The van der Waals surface area contributed by atoms with Gasteiger partial charge in [0.1, 0.15) is 0 Å². The fourth-order valence-corrected chi connectivity index (χ4v) is 3.05. The summed E-state index contributed by atoms with van der Waals surface area (Å²) in [5, 5.41) is 0. The van der Waals surface area contributed by atoms with Gasteiger partial charge in [-0.3, -0.25) is 9.59 Å². The average molecular weight is 326 g/mol. The van der Waals surface area contributed by atoms with Crippen molar-refractivity contribution >= 4 is 11.9 Å². The summed E-state index contributed by atoms with van der Waals surface area (Å²) in [5.74, 6) is -1.04. The molecule has 0 saturated heterocycles. The molecule has 0 aromatic heterocycles. The van der Waals surface area contributed by atoms with Crippen molar-refractivity contribution in [2.75, 3.05) is 6.61 Å². The van der Waals surface area contributed by atoms with Crippen molar-refractivity contribution in [2.24, 2.45) is 11.8 Å². The van der Waals surface area contributed by atoms with E-state index in [4.69, 9.17) is 9.47 Å². The predicted molar refractivity (Wildman–Crippen MR) is 91.0 cm³/mol. The number of rotatable bonds is 10. The zero-order valence-electron chi connectivity index (χ0n) is 15.1. The molecule has 0 aliphatic heterocycles. The summed E-state index contributed by atoms with van der Waals surface area (Å²) in [5.41, 5.74) is 0. The van der Waals surface area contributed by atoms with E-state index < -0.39 is 0 Å². The molecule has 4 heteroatoms. The third-order valence-electron chi connectivity index (χ3n) is 4.76. The normalized spacial score (nSPS) is 22.4. The van der Waals surface area contributed by atoms with E-state index in [9.17, 15) is 9.59 Å². The van der Waals surface area contributed by atoms with E-state index in [1.54, 1.807) is 0 Å². The molecule has 0 N–H and O–H groups in total. The van der Waals surface area contributed by atoms with Crippen LogP contribution in [0.5, 0.6) is 0 Å². The van der Waals surface area contributed by atoms with Gasteiger partial charge in [0.15, 0.2) is 0 Å². The van der Waals surface area contributed by atoms with Gasteiger partial charge < -0.3 is 9.47 Å². The van der Waals surface area contributed by atoms with Gasteiger partial charge in [-0.05, 0) is 32.6 Å². The summed E-state index contributed by atoms with van der Waals surface area (Å²) < 4.78 is 10.9. The molecule has 4 nitrogen and oxygen atoms in total. The average Bonchev–Trinajstić information content (AvgIpc) is 2.57. The van der Waals surface area contributed by atoms with Gasteiger partial charge in [-0.15, -0.1) is 0 Å². The SMILES string of the molecule is CCCCCCCOC(=O)C1CCCCC1C(=O)OC(C)CC. The number of ether oxygens (including phenoxy) is 2. The topological polar surface area (TPSA) is 52.6 Å². The molecule has 134 valence electrons. The van der Waals surface area contributed by atoms with Crippen molar-refractivity contribution in [3.63, 3.8) is 0 Å². The molecule has 0 radical (unpaired) electrons. The molecule has 0 spiro atoms. The van der Waals surface area contributed by atoms with Gasteiger partial charge in [0, 0.05) is 0 Å². The summed E-state index contributed by atoms with van der Waals surface area (Å²) in [6.45, 7) is 6.54. The minimum atomic E-state index is -0.314. The fraction of sp³-hybridized carbons (Fsp3) is 0.895. The Bertz CT molecular complexity index is 353. The molecule has 0 amide bonds. The second-order valence-electron chi connectivity index (χ2n) is 6.73. The van der Waals surface area contributed by atoms with E-state index in [1.807, 2.05) is 13.8 Å². The molecule has 3 unspecified atom stereocenters. The molecule has 0 aromatic rings. The number of esters is 2. The summed E-state index contributed by atoms with van der Waals surface area (Å²) in [7, 11) is 0. The minimum absolute atomic E-state index is 0.0836. The highest BCUT2D eigenvalue weighted by molar-refractivity contribution is 5.82. The molecule has 1 aliphatic carbocycles. The summed E-state index contributed by atoms with van der Waals surface area (Å²) in [6.07, 6.45) is 9.84. The molecular weight excluding hydrogens is 292 g/mol. The minimum Gasteiger partial charge on any atom is -0.465 e. The Labute approximate surface area is 141 Å². The molecule has 0 aromatic carbocycles. The molecule has 1 aliphatic rings. The van der Waals surface area contributed by atoms with Crippen molar-refractivity contribution in [3.05, 3.63) is 0 Å². The van der Waals surface area contributed by atoms with Gasteiger partial charge >= 0.3 is 11.9 Å². The van der Waals surface area contributed by atoms with Crippen LogP contribution in [0.1, 0.15) is 85.0 Å². The van der Waals surface area contributed by atoms with E-state index in [0.29, 0.717) is 6.61 Å². The first kappa shape index (κ1) is 20.0. The van der Waals surface area contributed by atoms with Crippen LogP contribution in [0.15, 0.2) is 0 Å². The van der Waals surface area contributed by atoms with Crippen LogP contribution < -0.4 is 0 Å². The van der Waals surface area contributed by atoms with Crippen molar-refractivity contribution in [1.29, 1.82) is 0 Å². The summed E-state index contributed by atoms with van der Waals surface area (Å²) in [6, 6.07) is 0. The molecule has 0 heterocycles. The quantitative estimate of drug-likeness (QED) is 0.433. The van der Waals surface area contributed by atoms with Crippen LogP contribution in [-0.2, 0) is 19.1 Å². The second kappa shape index (κ2) is 11.5. The summed E-state index contributed by atoms with van der Waals surface area (Å²) in [4.78, 5) is 24.6. The second-order valence-corrected chi connectivity index (χ2v) is 6.73. The van der Waals surface area contributed by atoms with Gasteiger partial charge in [0.05, 0.1) is 24.5 Å². The Hall–Kier alpha value is -1.06. The van der Waals surface area contributed by atoms with Crippen molar-refractivity contribution in [2.45, 2.75) is 91.1 Å². The van der Waals surface area contributed by atoms with Crippen LogP contribution in [-0.4, -0.2) is 24.6 Å². The largest absolute Gasteiger partial charge is 0.465 e. The Morgan fingerprint density at radius 3 is 2.17 bits per heavy atom. The van der Waals surface area contributed by atoms with Gasteiger partial charge in [-0.25, -0.2) is 0 Å². The van der Waals surface area contributed by atoms with E-state index in [0.717, 1.165) is 44.9 Å². The maximum absolute atomic E-state index is 12.3. The Kier molecular flexibility index (Phi) is 9.97. The van der Waals surface area contributed by atoms with Crippen LogP contribution in [0.25, 0.3) is 0 Å². The number of hydrogen-bond donors (Lipinski definition) is 0. The standard InChI is InChI=1S/C19H34O4/c1-4-6-7-8-11-14-22-18(20)16-12-9-10-13-17(16)19(21)23-15(3)5-2/h15-17H,4-14H2,1-3H3. The van der Waals surface area contributed by atoms with Gasteiger partial charge in [0.25, 0.3) is 0 Å². The summed E-state index contributed by atoms with van der Waals surface area (Å²) >= 11 is 0. The first-order valence-electron chi connectivity index (χ1n) is 9.47. The molecule has 23 heavy (non-hydrogen) atoms. The van der Waals surface area contributed by atoms with E-state index in [2.05, 4.69) is 6.92 Å². The van der Waals surface area contributed by atoms with Crippen molar-refractivity contribution in [3.8, 4) is 0 Å². The van der Waals surface area contributed by atoms with Crippen LogP contribution in [0, 0.1) is 11.8 Å². The number of carbonyl (C=O) groups excluding carboxylic acids is 2. The van der Waals surface area contributed by atoms with Gasteiger partial charge in [0.2, 0.25) is 0 Å². The van der Waals surface area contributed by atoms with E-state index in [-0.39, 0.29) is 29.9 Å².